The zero-order valence-corrected chi connectivity index (χ0v) is 12.5. The van der Waals surface area contributed by atoms with Crippen LogP contribution in [0.4, 0.5) is 11.4 Å². The maximum Gasteiger partial charge on any atom is 0.293 e. The van der Waals surface area contributed by atoms with Crippen molar-refractivity contribution in [1.82, 2.24) is 0 Å². The summed E-state index contributed by atoms with van der Waals surface area (Å²) in [7, 11) is 0. The van der Waals surface area contributed by atoms with E-state index in [2.05, 4.69) is 27.9 Å². The van der Waals surface area contributed by atoms with E-state index in [0.29, 0.717) is 11.6 Å². The molecule has 0 amide bonds. The first-order chi connectivity index (χ1) is 9.15. The second-order valence-corrected chi connectivity index (χ2v) is 6.38. The number of rotatable bonds is 4. The van der Waals surface area contributed by atoms with Crippen molar-refractivity contribution in [3.63, 3.8) is 0 Å². The second-order valence-electron chi connectivity index (χ2n) is 5.13. The summed E-state index contributed by atoms with van der Waals surface area (Å²) in [5.74, 6) is 0.642. The molecule has 1 heterocycles. The fourth-order valence-electron chi connectivity index (χ4n) is 2.63. The fourth-order valence-corrected chi connectivity index (χ4v) is 3.11. The quantitative estimate of drug-likeness (QED) is 0.500. The molecule has 102 valence electrons. The summed E-state index contributed by atoms with van der Waals surface area (Å²) >= 11 is 2.09. The lowest BCUT2D eigenvalue weighted by Gasteiger charge is -2.20. The van der Waals surface area contributed by atoms with Gasteiger partial charge in [0, 0.05) is 16.2 Å². The van der Waals surface area contributed by atoms with E-state index in [9.17, 15) is 10.1 Å². The van der Waals surface area contributed by atoms with E-state index < -0.39 is 0 Å². The van der Waals surface area contributed by atoms with Gasteiger partial charge in [0.2, 0.25) is 0 Å². The molecule has 0 spiro atoms. The topological polar surface area (TPSA) is 64.4 Å². The predicted octanol–water partition coefficient (Wildman–Crippen LogP) is 3.18. The summed E-state index contributed by atoms with van der Waals surface area (Å²) in [5.41, 5.74) is 0.750. The third-order valence-corrected chi connectivity index (χ3v) is 4.39. The molecule has 1 saturated heterocycles. The number of nitro benzene ring substituents is 1. The van der Waals surface area contributed by atoms with Crippen LogP contribution in [0.2, 0.25) is 0 Å². The van der Waals surface area contributed by atoms with Crippen LogP contribution in [0.25, 0.3) is 0 Å². The van der Waals surface area contributed by atoms with Crippen LogP contribution in [0.1, 0.15) is 19.3 Å². The number of benzene rings is 1. The Morgan fingerprint density at radius 3 is 2.84 bits per heavy atom. The van der Waals surface area contributed by atoms with Crippen LogP contribution in [-0.4, -0.2) is 23.7 Å². The van der Waals surface area contributed by atoms with E-state index in [0.717, 1.165) is 16.6 Å². The minimum atomic E-state index is -0.327. The fraction of sp³-hybridized carbons (Fsp3) is 0.538. The smallest absolute Gasteiger partial charge is 0.293 e. The Morgan fingerprint density at radius 1 is 1.37 bits per heavy atom. The average Bonchev–Trinajstić information content (AvgIpc) is 3.12. The molecule has 0 bridgehead atoms. The van der Waals surface area contributed by atoms with Gasteiger partial charge in [-0.15, -0.1) is 0 Å². The van der Waals surface area contributed by atoms with Crippen molar-refractivity contribution < 1.29 is 9.66 Å². The normalized spacial score (nSPS) is 26.4. The molecule has 1 saturated carbocycles. The maximum absolute atomic E-state index is 11.1. The van der Waals surface area contributed by atoms with Crippen LogP contribution >= 0.6 is 22.6 Å². The molecule has 1 N–H and O–H groups in total. The molecule has 3 rings (SSSR count). The van der Waals surface area contributed by atoms with Gasteiger partial charge in [0.25, 0.3) is 5.69 Å². The highest BCUT2D eigenvalue weighted by Gasteiger charge is 2.41. The van der Waals surface area contributed by atoms with Gasteiger partial charge in [-0.1, -0.05) is 0 Å². The van der Waals surface area contributed by atoms with E-state index in [1.165, 1.54) is 12.8 Å². The van der Waals surface area contributed by atoms with Crippen LogP contribution in [-0.2, 0) is 4.74 Å². The first kappa shape index (κ1) is 13.1. The highest BCUT2D eigenvalue weighted by molar-refractivity contribution is 14.1. The van der Waals surface area contributed by atoms with Gasteiger partial charge in [-0.3, -0.25) is 10.1 Å². The van der Waals surface area contributed by atoms with E-state index in [-0.39, 0.29) is 22.8 Å². The number of nitrogens with zero attached hydrogens (tertiary/aromatic N) is 1. The molecule has 2 aliphatic rings. The number of ether oxygens (including phenoxy) is 1. The highest BCUT2D eigenvalue weighted by Crippen LogP contribution is 2.40. The summed E-state index contributed by atoms with van der Waals surface area (Å²) in [6.45, 7) is 0.747. The molecule has 6 heteroatoms. The van der Waals surface area contributed by atoms with Gasteiger partial charge >= 0.3 is 0 Å². The van der Waals surface area contributed by atoms with Crippen LogP contribution in [0.5, 0.6) is 0 Å². The monoisotopic (exact) mass is 374 g/mol. The molecular formula is C13H15IN2O3. The van der Waals surface area contributed by atoms with Gasteiger partial charge in [-0.2, -0.15) is 0 Å². The minimum Gasteiger partial charge on any atom is -0.376 e. The largest absolute Gasteiger partial charge is 0.376 e. The number of halogens is 1. The van der Waals surface area contributed by atoms with Crippen LogP contribution in [0.3, 0.4) is 0 Å². The van der Waals surface area contributed by atoms with Crippen molar-refractivity contribution >= 4 is 34.0 Å². The first-order valence-corrected chi connectivity index (χ1v) is 7.55. The van der Waals surface area contributed by atoms with Gasteiger partial charge in [0.15, 0.2) is 0 Å². The molecule has 1 aromatic carbocycles. The van der Waals surface area contributed by atoms with E-state index in [1.807, 2.05) is 6.07 Å². The molecule has 5 nitrogen and oxygen atoms in total. The summed E-state index contributed by atoms with van der Waals surface area (Å²) in [5, 5.41) is 14.4. The third kappa shape index (κ3) is 2.84. The standard InChI is InChI=1S/C13H15IN2O3/c14-9-3-4-10(12(7-9)16(17)18)15-11-5-6-19-13(11)8-1-2-8/h3-4,7-8,11,13,15H,1-2,5-6H2. The highest BCUT2D eigenvalue weighted by atomic mass is 127. The molecule has 0 aromatic heterocycles. The van der Waals surface area contributed by atoms with Gasteiger partial charge in [0.05, 0.1) is 17.1 Å². The van der Waals surface area contributed by atoms with Crippen LogP contribution in [0, 0.1) is 19.6 Å². The molecule has 1 aliphatic heterocycles. The lowest BCUT2D eigenvalue weighted by molar-refractivity contribution is -0.384. The lowest BCUT2D eigenvalue weighted by Crippen LogP contribution is -2.31. The molecule has 0 radical (unpaired) electrons. The Hall–Kier alpha value is -0.890. The maximum atomic E-state index is 11.1. The third-order valence-electron chi connectivity index (χ3n) is 3.72. The van der Waals surface area contributed by atoms with E-state index in [4.69, 9.17) is 4.74 Å². The van der Waals surface area contributed by atoms with Crippen molar-refractivity contribution in [2.75, 3.05) is 11.9 Å². The molecule has 2 fully saturated rings. The van der Waals surface area contributed by atoms with Gasteiger partial charge in [-0.05, 0) is 59.9 Å². The second kappa shape index (κ2) is 5.24. The van der Waals surface area contributed by atoms with Gasteiger partial charge in [0.1, 0.15) is 5.69 Å². The van der Waals surface area contributed by atoms with Crippen molar-refractivity contribution in [2.24, 2.45) is 5.92 Å². The summed E-state index contributed by atoms with van der Waals surface area (Å²) < 4.78 is 6.62. The average molecular weight is 374 g/mol. The van der Waals surface area contributed by atoms with E-state index >= 15 is 0 Å². The summed E-state index contributed by atoms with van der Waals surface area (Å²) in [4.78, 5) is 10.8. The van der Waals surface area contributed by atoms with Crippen molar-refractivity contribution in [3.8, 4) is 0 Å². The number of hydrogen-bond acceptors (Lipinski definition) is 4. The zero-order valence-electron chi connectivity index (χ0n) is 10.3. The van der Waals surface area contributed by atoms with Crippen molar-refractivity contribution in [1.29, 1.82) is 0 Å². The van der Waals surface area contributed by atoms with Gasteiger partial charge in [-0.25, -0.2) is 0 Å². The van der Waals surface area contributed by atoms with Gasteiger partial charge < -0.3 is 10.1 Å². The number of anilines is 1. The Morgan fingerprint density at radius 2 is 2.16 bits per heavy atom. The molecule has 19 heavy (non-hydrogen) atoms. The van der Waals surface area contributed by atoms with Crippen molar-refractivity contribution in [2.45, 2.75) is 31.4 Å². The Bertz CT molecular complexity index is 505. The predicted molar refractivity (Wildman–Crippen MR) is 80.3 cm³/mol. The summed E-state index contributed by atoms with van der Waals surface area (Å²) in [6.07, 6.45) is 3.58. The summed E-state index contributed by atoms with van der Waals surface area (Å²) in [6, 6.07) is 5.48. The Labute approximate surface area is 125 Å². The van der Waals surface area contributed by atoms with Crippen LogP contribution in [0.15, 0.2) is 18.2 Å². The SMILES string of the molecule is O=[N+]([O-])c1cc(I)ccc1NC1CCOC1C1CC1. The molecule has 2 unspecified atom stereocenters. The molecule has 2 atom stereocenters. The molecule has 1 aromatic rings. The lowest BCUT2D eigenvalue weighted by atomic mass is 10.1. The van der Waals surface area contributed by atoms with Crippen molar-refractivity contribution in [3.05, 3.63) is 31.9 Å². The molecule has 1 aliphatic carbocycles. The van der Waals surface area contributed by atoms with Crippen LogP contribution < -0.4 is 5.32 Å². The Balaban J connectivity index is 1.80. The Kier molecular flexibility index (Phi) is 3.62. The van der Waals surface area contributed by atoms with E-state index in [1.54, 1.807) is 12.1 Å². The first-order valence-electron chi connectivity index (χ1n) is 6.47. The number of nitrogens with one attached hydrogen (secondary N) is 1. The molecular weight excluding hydrogens is 359 g/mol. The number of nitro groups is 1. The zero-order chi connectivity index (χ0) is 13.4. The minimum absolute atomic E-state index is 0.147. The number of hydrogen-bond donors (Lipinski definition) is 1.